The molecule has 2 aliphatic carbocycles. The Morgan fingerprint density at radius 3 is 2.19 bits per heavy atom. The van der Waals surface area contributed by atoms with E-state index in [9.17, 15) is 13.5 Å². The van der Waals surface area contributed by atoms with Crippen LogP contribution >= 0.6 is 0 Å². The van der Waals surface area contributed by atoms with E-state index in [2.05, 4.69) is 0 Å². The van der Waals surface area contributed by atoms with Gasteiger partial charge in [-0.25, -0.2) is 8.42 Å². The Labute approximate surface area is 129 Å². The van der Waals surface area contributed by atoms with E-state index in [0.29, 0.717) is 12.3 Å². The number of hydrogen-bond acceptors (Lipinski definition) is 4. The van der Waals surface area contributed by atoms with Gasteiger partial charge in [0.25, 0.3) is 0 Å². The largest absolute Gasteiger partial charge is 0.390 e. The summed E-state index contributed by atoms with van der Waals surface area (Å²) in [4.78, 5) is 0. The van der Waals surface area contributed by atoms with E-state index in [1.54, 1.807) is 7.11 Å². The van der Waals surface area contributed by atoms with Crippen molar-refractivity contribution in [3.8, 4) is 0 Å². The van der Waals surface area contributed by atoms with Crippen LogP contribution < -0.4 is 0 Å². The van der Waals surface area contributed by atoms with Gasteiger partial charge in [0.05, 0.1) is 17.5 Å². The third-order valence-electron chi connectivity index (χ3n) is 5.48. The molecular formula is C16H30O4S. The van der Waals surface area contributed by atoms with E-state index in [-0.39, 0.29) is 17.3 Å². The van der Waals surface area contributed by atoms with Crippen molar-refractivity contribution < 1.29 is 18.3 Å². The highest BCUT2D eigenvalue weighted by Gasteiger charge is 2.38. The highest BCUT2D eigenvalue weighted by Crippen LogP contribution is 2.36. The van der Waals surface area contributed by atoms with Crippen LogP contribution in [0.1, 0.15) is 57.8 Å². The fraction of sp³-hybridized carbons (Fsp3) is 1.00. The summed E-state index contributed by atoms with van der Waals surface area (Å²) < 4.78 is 29.2. The summed E-state index contributed by atoms with van der Waals surface area (Å²) >= 11 is 0. The summed E-state index contributed by atoms with van der Waals surface area (Å²) in [6.07, 6.45) is 9.76. The van der Waals surface area contributed by atoms with E-state index >= 15 is 0 Å². The van der Waals surface area contributed by atoms with Gasteiger partial charge in [0.15, 0.2) is 0 Å². The monoisotopic (exact) mass is 318 g/mol. The first-order valence-electron chi connectivity index (χ1n) is 8.33. The van der Waals surface area contributed by atoms with Crippen LogP contribution in [0.15, 0.2) is 0 Å². The number of hydrogen-bond donors (Lipinski definition) is 1. The van der Waals surface area contributed by atoms with Crippen LogP contribution in [0.2, 0.25) is 0 Å². The van der Waals surface area contributed by atoms with E-state index < -0.39 is 15.9 Å². The Morgan fingerprint density at radius 2 is 1.62 bits per heavy atom. The third kappa shape index (κ3) is 4.42. The zero-order chi connectivity index (χ0) is 15.5. The van der Waals surface area contributed by atoms with Crippen LogP contribution in [-0.2, 0) is 14.6 Å². The summed E-state index contributed by atoms with van der Waals surface area (Å²) in [5.41, 5.74) is 0. The SMILES string of the molecule is COC(C1CCCCC1)C(O)C1CCCC(S(C)(=O)=O)C1. The molecule has 0 heterocycles. The summed E-state index contributed by atoms with van der Waals surface area (Å²) in [5, 5.41) is 10.5. The molecule has 0 radical (unpaired) electrons. The van der Waals surface area contributed by atoms with Crippen LogP contribution in [0.4, 0.5) is 0 Å². The molecule has 0 aromatic heterocycles. The average molecular weight is 318 g/mol. The van der Waals surface area contributed by atoms with E-state index in [1.165, 1.54) is 25.5 Å². The lowest BCUT2D eigenvalue weighted by Gasteiger charge is -2.38. The maximum atomic E-state index is 11.8. The second-order valence-corrected chi connectivity index (χ2v) is 9.29. The molecule has 2 fully saturated rings. The molecule has 21 heavy (non-hydrogen) atoms. The first-order chi connectivity index (χ1) is 9.93. The van der Waals surface area contributed by atoms with Gasteiger partial charge in [0.1, 0.15) is 9.84 Å². The summed E-state index contributed by atoms with van der Waals surface area (Å²) in [6, 6.07) is 0. The maximum absolute atomic E-state index is 11.8. The van der Waals surface area contributed by atoms with Crippen LogP contribution in [-0.4, -0.2) is 44.3 Å². The Morgan fingerprint density at radius 1 is 1.00 bits per heavy atom. The van der Waals surface area contributed by atoms with Crippen molar-refractivity contribution in [1.29, 1.82) is 0 Å². The number of methoxy groups -OCH3 is 1. The number of aliphatic hydroxyl groups excluding tert-OH is 1. The standard InChI is InChI=1S/C16H30O4S/c1-20-16(12-7-4-3-5-8-12)15(17)13-9-6-10-14(11-13)21(2,18)19/h12-17H,3-11H2,1-2H3. The summed E-state index contributed by atoms with van der Waals surface area (Å²) in [5.74, 6) is 0.489. The molecule has 0 saturated heterocycles. The summed E-state index contributed by atoms with van der Waals surface area (Å²) in [7, 11) is -1.32. The van der Waals surface area contributed by atoms with Gasteiger partial charge in [0.2, 0.25) is 0 Å². The van der Waals surface area contributed by atoms with Gasteiger partial charge in [-0.05, 0) is 43.9 Å². The summed E-state index contributed by atoms with van der Waals surface area (Å²) in [6.45, 7) is 0. The van der Waals surface area contributed by atoms with E-state index in [4.69, 9.17) is 4.74 Å². The normalized spacial score (nSPS) is 31.8. The lowest BCUT2D eigenvalue weighted by molar-refractivity contribution is -0.0833. The lowest BCUT2D eigenvalue weighted by Crippen LogP contribution is -2.44. The second kappa shape index (κ2) is 7.42. The Kier molecular flexibility index (Phi) is 6.09. The van der Waals surface area contributed by atoms with Gasteiger partial charge in [-0.2, -0.15) is 0 Å². The number of aliphatic hydroxyl groups is 1. The highest BCUT2D eigenvalue weighted by atomic mass is 32.2. The minimum Gasteiger partial charge on any atom is -0.390 e. The van der Waals surface area contributed by atoms with Crippen LogP contribution in [0.25, 0.3) is 0 Å². The van der Waals surface area contributed by atoms with Crippen LogP contribution in [0.5, 0.6) is 0 Å². The molecule has 2 saturated carbocycles. The molecule has 0 aromatic rings. The second-order valence-electron chi connectivity index (χ2n) is 6.97. The molecule has 4 nitrogen and oxygen atoms in total. The molecule has 4 atom stereocenters. The minimum atomic E-state index is -3.00. The van der Waals surface area contributed by atoms with Gasteiger partial charge in [-0.1, -0.05) is 25.7 Å². The third-order valence-corrected chi connectivity index (χ3v) is 7.12. The Balaban J connectivity index is 2.01. The first-order valence-corrected chi connectivity index (χ1v) is 10.3. The Bertz CT molecular complexity index is 414. The molecule has 0 spiro atoms. The molecule has 4 unspecified atom stereocenters. The topological polar surface area (TPSA) is 63.6 Å². The zero-order valence-electron chi connectivity index (χ0n) is 13.3. The Hall–Kier alpha value is -0.130. The van der Waals surface area contributed by atoms with Crippen molar-refractivity contribution in [2.24, 2.45) is 11.8 Å². The number of sulfone groups is 1. The van der Waals surface area contributed by atoms with Crippen LogP contribution in [0.3, 0.4) is 0 Å². The quantitative estimate of drug-likeness (QED) is 0.846. The highest BCUT2D eigenvalue weighted by molar-refractivity contribution is 7.91. The van der Waals surface area contributed by atoms with Crippen molar-refractivity contribution in [3.63, 3.8) is 0 Å². The molecular weight excluding hydrogens is 288 g/mol. The fourth-order valence-corrected chi connectivity index (χ4v) is 5.41. The molecule has 0 aromatic carbocycles. The zero-order valence-corrected chi connectivity index (χ0v) is 14.1. The molecule has 2 rings (SSSR count). The predicted octanol–water partition coefficient (Wildman–Crippen LogP) is 2.55. The maximum Gasteiger partial charge on any atom is 0.150 e. The van der Waals surface area contributed by atoms with Gasteiger partial charge < -0.3 is 9.84 Å². The molecule has 2 aliphatic rings. The molecule has 1 N–H and O–H groups in total. The van der Waals surface area contributed by atoms with Crippen molar-refractivity contribution in [2.45, 2.75) is 75.2 Å². The lowest BCUT2D eigenvalue weighted by atomic mass is 9.76. The van der Waals surface area contributed by atoms with Crippen molar-refractivity contribution >= 4 is 9.84 Å². The molecule has 0 amide bonds. The van der Waals surface area contributed by atoms with Gasteiger partial charge >= 0.3 is 0 Å². The molecule has 0 bridgehead atoms. The van der Waals surface area contributed by atoms with E-state index in [0.717, 1.165) is 32.1 Å². The number of rotatable bonds is 5. The van der Waals surface area contributed by atoms with E-state index in [1.807, 2.05) is 0 Å². The first kappa shape index (κ1) is 17.2. The van der Waals surface area contributed by atoms with Gasteiger partial charge in [0, 0.05) is 13.4 Å². The molecule has 5 heteroatoms. The van der Waals surface area contributed by atoms with Gasteiger partial charge in [-0.15, -0.1) is 0 Å². The molecule has 0 aliphatic heterocycles. The number of ether oxygens (including phenoxy) is 1. The molecule has 124 valence electrons. The average Bonchev–Trinajstić information content (AvgIpc) is 2.48. The predicted molar refractivity (Wildman–Crippen MR) is 84.0 cm³/mol. The fourth-order valence-electron chi connectivity index (χ4n) is 4.22. The van der Waals surface area contributed by atoms with Crippen LogP contribution in [0, 0.1) is 11.8 Å². The van der Waals surface area contributed by atoms with Crippen molar-refractivity contribution in [2.75, 3.05) is 13.4 Å². The van der Waals surface area contributed by atoms with Crippen molar-refractivity contribution in [1.82, 2.24) is 0 Å². The van der Waals surface area contributed by atoms with Crippen molar-refractivity contribution in [3.05, 3.63) is 0 Å². The van der Waals surface area contributed by atoms with Gasteiger partial charge in [-0.3, -0.25) is 0 Å². The smallest absolute Gasteiger partial charge is 0.150 e. The minimum absolute atomic E-state index is 0.0605.